The number of aromatic nitrogens is 3. The number of halogens is 1. The predicted octanol–water partition coefficient (Wildman–Crippen LogP) is 5.27. The number of hydrogen-bond donors (Lipinski definition) is 1. The maximum atomic E-state index is 14.5. The summed E-state index contributed by atoms with van der Waals surface area (Å²) >= 11 is 0. The number of carbonyl (C=O) groups excluding carboxylic acids is 1. The lowest BCUT2D eigenvalue weighted by molar-refractivity contribution is -0.129. The van der Waals surface area contributed by atoms with E-state index in [2.05, 4.69) is 11.6 Å². The number of carboxylic acids is 1. The van der Waals surface area contributed by atoms with Gasteiger partial charge < -0.3 is 19.5 Å². The quantitative estimate of drug-likeness (QED) is 0.333. The van der Waals surface area contributed by atoms with E-state index in [1.54, 1.807) is 45.8 Å². The van der Waals surface area contributed by atoms with Gasteiger partial charge in [-0.15, -0.1) is 0 Å². The second-order valence-electron chi connectivity index (χ2n) is 8.76. The molecule has 0 saturated carbocycles. The van der Waals surface area contributed by atoms with Crippen molar-refractivity contribution in [2.45, 2.75) is 25.3 Å². The largest absolute Gasteiger partial charge is 0.494 e. The molecular weight excluding hydrogens is 491 g/mol. The van der Waals surface area contributed by atoms with Gasteiger partial charge in [0.25, 0.3) is 0 Å². The Labute approximate surface area is 217 Å². The first-order valence-electron chi connectivity index (χ1n) is 12.1. The molecule has 1 unspecified atom stereocenters. The van der Waals surface area contributed by atoms with Gasteiger partial charge in [0.2, 0.25) is 11.7 Å². The molecule has 5 rings (SSSR count). The van der Waals surface area contributed by atoms with Crippen molar-refractivity contribution >= 4 is 17.4 Å². The van der Waals surface area contributed by atoms with E-state index < -0.39 is 11.8 Å². The van der Waals surface area contributed by atoms with Crippen molar-refractivity contribution in [1.29, 1.82) is 0 Å². The first kappa shape index (κ1) is 24.9. The van der Waals surface area contributed by atoms with Gasteiger partial charge in [-0.2, -0.15) is 4.39 Å². The van der Waals surface area contributed by atoms with Crippen LogP contribution in [0.15, 0.2) is 67.5 Å². The van der Waals surface area contributed by atoms with Crippen LogP contribution in [0.2, 0.25) is 0 Å². The molecule has 2 aromatic carbocycles. The number of amides is 1. The molecule has 194 valence electrons. The number of piperidine rings is 1. The molecule has 1 saturated heterocycles. The fourth-order valence-electron chi connectivity index (χ4n) is 4.77. The minimum absolute atomic E-state index is 0.00784. The molecule has 0 spiro atoms. The number of rotatable bonds is 7. The molecule has 9 nitrogen and oxygen atoms in total. The molecular formula is C28H25FN4O5. The van der Waals surface area contributed by atoms with Gasteiger partial charge in [0, 0.05) is 24.5 Å². The van der Waals surface area contributed by atoms with Crippen LogP contribution in [-0.2, 0) is 4.79 Å². The number of carboxylic acid groups (broad SMARTS) is 1. The van der Waals surface area contributed by atoms with Crippen LogP contribution < -0.4 is 9.47 Å². The maximum Gasteiger partial charge on any atom is 0.356 e. The van der Waals surface area contributed by atoms with E-state index in [4.69, 9.17) is 14.5 Å². The van der Waals surface area contributed by atoms with Gasteiger partial charge in [-0.25, -0.2) is 14.8 Å². The normalized spacial score (nSPS) is 15.3. The first-order chi connectivity index (χ1) is 18.4. The van der Waals surface area contributed by atoms with Crippen LogP contribution in [0.4, 0.5) is 4.39 Å². The Morgan fingerprint density at radius 2 is 1.92 bits per heavy atom. The zero-order valence-electron chi connectivity index (χ0n) is 20.6. The van der Waals surface area contributed by atoms with Crippen molar-refractivity contribution < 1.29 is 28.6 Å². The van der Waals surface area contributed by atoms with Gasteiger partial charge in [-0.05, 0) is 61.7 Å². The minimum Gasteiger partial charge on any atom is -0.494 e. The third-order valence-corrected chi connectivity index (χ3v) is 6.55. The van der Waals surface area contributed by atoms with Crippen molar-refractivity contribution in [2.24, 2.45) is 0 Å². The Balaban J connectivity index is 1.58. The summed E-state index contributed by atoms with van der Waals surface area (Å²) in [5.74, 6) is -1.02. The molecule has 1 N–H and O–H groups in total. The monoisotopic (exact) mass is 516 g/mol. The van der Waals surface area contributed by atoms with Crippen molar-refractivity contribution in [3.8, 4) is 28.5 Å². The average molecular weight is 517 g/mol. The Morgan fingerprint density at radius 3 is 2.63 bits per heavy atom. The van der Waals surface area contributed by atoms with Crippen LogP contribution in [0.25, 0.3) is 16.8 Å². The summed E-state index contributed by atoms with van der Waals surface area (Å²) in [4.78, 5) is 35.4. The summed E-state index contributed by atoms with van der Waals surface area (Å²) in [5.41, 5.74) is 1.18. The molecule has 4 aromatic rings. The topological polar surface area (TPSA) is 106 Å². The number of benzene rings is 2. The smallest absolute Gasteiger partial charge is 0.356 e. The molecule has 0 bridgehead atoms. The Kier molecular flexibility index (Phi) is 6.78. The molecule has 0 aliphatic carbocycles. The summed E-state index contributed by atoms with van der Waals surface area (Å²) in [7, 11) is 1.38. The molecule has 1 amide bonds. The summed E-state index contributed by atoms with van der Waals surface area (Å²) in [6.07, 6.45) is 6.79. The summed E-state index contributed by atoms with van der Waals surface area (Å²) in [6.45, 7) is 4.18. The number of aromatic carboxylic acids is 1. The zero-order valence-corrected chi connectivity index (χ0v) is 20.6. The van der Waals surface area contributed by atoms with Crippen LogP contribution in [0.5, 0.6) is 17.2 Å². The van der Waals surface area contributed by atoms with Crippen molar-refractivity contribution in [3.05, 3.63) is 84.8 Å². The molecule has 1 fully saturated rings. The van der Waals surface area contributed by atoms with Gasteiger partial charge in [0.15, 0.2) is 17.2 Å². The second-order valence-corrected chi connectivity index (χ2v) is 8.76. The SMILES string of the molecule is C=CC(=O)N1CCCCC1c1nc(-c2ccc(Oc3cccc(OC)c3F)cc2)c2c(C(=O)O)nccn12. The first-order valence-corrected chi connectivity index (χ1v) is 12.1. The molecule has 1 aliphatic heterocycles. The Morgan fingerprint density at radius 1 is 1.16 bits per heavy atom. The van der Waals surface area contributed by atoms with E-state index in [1.165, 1.54) is 31.5 Å². The standard InChI is InChI=1S/C28H25FN4O5/c1-3-22(34)32-15-5-4-7-19(32)27-31-24(26-25(28(35)36)30-14-16-33(26)27)17-10-12-18(13-11-17)38-21-9-6-8-20(37-2)23(21)29/h3,6,8-14,16,19H,1,4-5,7,15H2,2H3,(H,35,36). The van der Waals surface area contributed by atoms with Crippen LogP contribution in [0, 0.1) is 5.82 Å². The van der Waals surface area contributed by atoms with Gasteiger partial charge in [-0.3, -0.25) is 9.20 Å². The van der Waals surface area contributed by atoms with E-state index in [0.29, 0.717) is 41.3 Å². The highest BCUT2D eigenvalue weighted by Crippen LogP contribution is 2.36. The van der Waals surface area contributed by atoms with E-state index in [-0.39, 0.29) is 29.1 Å². The maximum absolute atomic E-state index is 14.5. The summed E-state index contributed by atoms with van der Waals surface area (Å²) < 4.78 is 26.9. The van der Waals surface area contributed by atoms with Gasteiger partial charge in [-0.1, -0.05) is 12.6 Å². The summed E-state index contributed by atoms with van der Waals surface area (Å²) in [5, 5.41) is 9.88. The highest BCUT2D eigenvalue weighted by atomic mass is 19.1. The number of nitrogens with zero attached hydrogens (tertiary/aromatic N) is 4. The number of imidazole rings is 1. The molecule has 3 heterocycles. The van der Waals surface area contributed by atoms with Crippen LogP contribution in [-0.4, -0.2) is 49.9 Å². The summed E-state index contributed by atoms with van der Waals surface area (Å²) in [6, 6.07) is 11.0. The lowest BCUT2D eigenvalue weighted by Gasteiger charge is -2.34. The van der Waals surface area contributed by atoms with Crippen molar-refractivity contribution in [3.63, 3.8) is 0 Å². The molecule has 10 heteroatoms. The Hall–Kier alpha value is -4.73. The van der Waals surface area contributed by atoms with E-state index in [0.717, 1.165) is 12.8 Å². The van der Waals surface area contributed by atoms with Crippen molar-refractivity contribution in [2.75, 3.05) is 13.7 Å². The number of carbonyl (C=O) groups is 2. The van der Waals surface area contributed by atoms with Crippen LogP contribution in [0.3, 0.4) is 0 Å². The highest BCUT2D eigenvalue weighted by Gasteiger charge is 2.32. The highest BCUT2D eigenvalue weighted by molar-refractivity contribution is 5.98. The molecule has 38 heavy (non-hydrogen) atoms. The molecule has 1 atom stereocenters. The van der Waals surface area contributed by atoms with Gasteiger partial charge >= 0.3 is 5.97 Å². The number of methoxy groups -OCH3 is 1. The predicted molar refractivity (Wildman–Crippen MR) is 137 cm³/mol. The van der Waals surface area contributed by atoms with Gasteiger partial charge in [0.05, 0.1) is 18.8 Å². The number of hydrogen-bond acceptors (Lipinski definition) is 6. The van der Waals surface area contributed by atoms with E-state index in [1.807, 2.05) is 0 Å². The average Bonchev–Trinajstić information content (AvgIpc) is 3.34. The number of ether oxygens (including phenoxy) is 2. The van der Waals surface area contributed by atoms with Crippen LogP contribution in [0.1, 0.15) is 41.6 Å². The third-order valence-electron chi connectivity index (χ3n) is 6.55. The molecule has 1 aliphatic rings. The number of likely N-dealkylation sites (tertiary alicyclic amines) is 1. The van der Waals surface area contributed by atoms with E-state index >= 15 is 0 Å². The molecule has 2 aromatic heterocycles. The third kappa shape index (κ3) is 4.45. The lowest BCUT2D eigenvalue weighted by Crippen LogP contribution is -2.38. The Bertz CT molecular complexity index is 1530. The van der Waals surface area contributed by atoms with Crippen molar-refractivity contribution in [1.82, 2.24) is 19.3 Å². The van der Waals surface area contributed by atoms with E-state index in [9.17, 15) is 19.1 Å². The lowest BCUT2D eigenvalue weighted by atomic mass is 10.0. The zero-order chi connectivity index (χ0) is 26.8. The van der Waals surface area contributed by atoms with Crippen LogP contribution >= 0.6 is 0 Å². The number of fused-ring (bicyclic) bond motifs is 1. The minimum atomic E-state index is -1.19. The fourth-order valence-corrected chi connectivity index (χ4v) is 4.77. The molecule has 0 radical (unpaired) electrons. The fraction of sp³-hybridized carbons (Fsp3) is 0.214. The second kappa shape index (κ2) is 10.3. The van der Waals surface area contributed by atoms with Gasteiger partial charge in [0.1, 0.15) is 17.1 Å².